The molecule has 0 aliphatic heterocycles. The number of rotatable bonds is 12. The number of benzene rings is 7. The van der Waals surface area contributed by atoms with Gasteiger partial charge in [0.15, 0.2) is 11.6 Å². The predicted octanol–water partition coefficient (Wildman–Crippen LogP) is 18.4. The van der Waals surface area contributed by atoms with E-state index in [0.29, 0.717) is 22.3 Å². The van der Waals surface area contributed by atoms with Crippen molar-refractivity contribution >= 4 is 20.2 Å². The van der Waals surface area contributed by atoms with Gasteiger partial charge in [-0.1, -0.05) is 282 Å². The second-order valence-electron chi connectivity index (χ2n) is 26.2. The van der Waals surface area contributed by atoms with Crippen molar-refractivity contribution < 1.29 is 33.4 Å². The summed E-state index contributed by atoms with van der Waals surface area (Å²) in [4.78, 5) is 23.8. The third-order valence-electron chi connectivity index (χ3n) is 13.3. The van der Waals surface area contributed by atoms with Gasteiger partial charge in [-0.25, -0.2) is 0 Å². The van der Waals surface area contributed by atoms with E-state index in [-0.39, 0.29) is 44.1 Å². The summed E-state index contributed by atoms with van der Waals surface area (Å²) in [6, 6.07) is 55.2. The van der Waals surface area contributed by atoms with Gasteiger partial charge in [-0.3, -0.25) is 9.59 Å². The maximum atomic E-state index is 11.9. The average molecular weight is 1070 g/mol. The van der Waals surface area contributed by atoms with Crippen molar-refractivity contribution in [2.24, 2.45) is 0 Å². The van der Waals surface area contributed by atoms with Crippen LogP contribution in [0.25, 0.3) is 0 Å². The Labute approximate surface area is 469 Å². The normalized spacial score (nSPS) is 13.0. The molecule has 0 aromatic heterocycles. The van der Waals surface area contributed by atoms with Crippen LogP contribution in [-0.4, -0.2) is 21.8 Å². The number of carbonyl (C=O) groups is 2. The molecule has 2 unspecified atom stereocenters. The molecule has 0 saturated carbocycles. The van der Waals surface area contributed by atoms with E-state index in [2.05, 4.69) is 179 Å². The topological polar surface area (TPSA) is 102 Å². The van der Waals surface area contributed by atoms with Crippen molar-refractivity contribution in [2.75, 3.05) is 0 Å². The Hall–Kier alpha value is -6.37. The standard InChI is InChI=1S/C42H63O3P.2C14H12O2/c1-37(2,3)28-19-22-34(31(25-28)40(10,11)12)43-46(44-35-23-20-29(38(4,5)6)26-32(35)41(13,14)15)45-36-24-21-30(39(7,8)9)27-33(36)42(16,17)18;2*15-13(11-7-3-1-4-8-11)14(16)12-9-5-2-6-10-12/h19-27H,1-18H3;2*1-10,13,15H. The molecule has 0 aliphatic carbocycles. The summed E-state index contributed by atoms with van der Waals surface area (Å²) in [6.07, 6.45) is -2.16. The Balaban J connectivity index is 0.000000280. The molecule has 2 N–H and O–H groups in total. The largest absolute Gasteiger partial charge is 0.530 e. The molecule has 7 rings (SSSR count). The number of ketones is 2. The van der Waals surface area contributed by atoms with Gasteiger partial charge in [0, 0.05) is 27.8 Å². The van der Waals surface area contributed by atoms with Gasteiger partial charge in [-0.05, 0) is 78.5 Å². The van der Waals surface area contributed by atoms with Crippen LogP contribution in [-0.2, 0) is 32.5 Å². The van der Waals surface area contributed by atoms with Crippen LogP contribution < -0.4 is 13.6 Å². The van der Waals surface area contributed by atoms with Crippen molar-refractivity contribution in [3.8, 4) is 17.2 Å². The van der Waals surface area contributed by atoms with E-state index in [4.69, 9.17) is 13.6 Å². The zero-order valence-corrected chi connectivity index (χ0v) is 50.7. The summed E-state index contributed by atoms with van der Waals surface area (Å²) >= 11 is 0. The minimum Gasteiger partial charge on any atom is -0.408 e. The van der Waals surface area contributed by atoms with Crippen molar-refractivity contribution in [3.05, 3.63) is 232 Å². The van der Waals surface area contributed by atoms with Crippen molar-refractivity contribution in [1.82, 2.24) is 0 Å². The van der Waals surface area contributed by atoms with Crippen LogP contribution in [0.5, 0.6) is 17.2 Å². The summed E-state index contributed by atoms with van der Waals surface area (Å²) in [5.41, 5.74) is 9.15. The van der Waals surface area contributed by atoms with Crippen molar-refractivity contribution in [1.29, 1.82) is 0 Å². The fraction of sp³-hybridized carbons (Fsp3) is 0.371. The van der Waals surface area contributed by atoms with Gasteiger partial charge in [-0.15, -0.1) is 0 Å². The number of hydrogen-bond donors (Lipinski definition) is 2. The highest BCUT2D eigenvalue weighted by Gasteiger charge is 2.33. The molecular formula is C70H87O7P. The Bertz CT molecular complexity index is 2760. The van der Waals surface area contributed by atoms with Gasteiger partial charge in [0.05, 0.1) is 0 Å². The maximum Gasteiger partial charge on any atom is 0.530 e. The molecule has 0 saturated heterocycles. The smallest absolute Gasteiger partial charge is 0.408 e. The highest BCUT2D eigenvalue weighted by Crippen LogP contribution is 2.50. The third kappa shape index (κ3) is 17.6. The first-order chi connectivity index (χ1) is 36.2. The number of aliphatic hydroxyl groups excluding tert-OH is 2. The van der Waals surface area contributed by atoms with Crippen LogP contribution in [0.3, 0.4) is 0 Å². The molecule has 7 aromatic carbocycles. The van der Waals surface area contributed by atoms with E-state index in [0.717, 1.165) is 33.9 Å². The zero-order chi connectivity index (χ0) is 58.0. The minimum absolute atomic E-state index is 0.0170. The molecule has 414 valence electrons. The summed E-state index contributed by atoms with van der Waals surface area (Å²) in [7, 11) is -1.89. The van der Waals surface area contributed by atoms with E-state index in [9.17, 15) is 19.8 Å². The average Bonchev–Trinajstić information content (AvgIpc) is 3.41. The molecule has 2 atom stereocenters. The quantitative estimate of drug-likeness (QED) is 0.0928. The van der Waals surface area contributed by atoms with Crippen LogP contribution in [0.4, 0.5) is 0 Å². The lowest BCUT2D eigenvalue weighted by Crippen LogP contribution is -2.20. The molecule has 8 heteroatoms. The molecule has 7 aromatic rings. The van der Waals surface area contributed by atoms with E-state index >= 15 is 0 Å². The lowest BCUT2D eigenvalue weighted by molar-refractivity contribution is 0.0743. The van der Waals surface area contributed by atoms with Gasteiger partial charge in [-0.2, -0.15) is 0 Å². The highest BCUT2D eigenvalue weighted by molar-refractivity contribution is 7.43. The van der Waals surface area contributed by atoms with Gasteiger partial charge in [0.2, 0.25) is 0 Å². The summed E-state index contributed by atoms with van der Waals surface area (Å²) < 4.78 is 20.7. The zero-order valence-electron chi connectivity index (χ0n) is 49.8. The Morgan fingerprint density at radius 3 is 0.782 bits per heavy atom. The first-order valence-electron chi connectivity index (χ1n) is 27.1. The summed E-state index contributed by atoms with van der Waals surface area (Å²) in [5, 5.41) is 19.8. The first kappa shape index (κ1) is 62.5. The first-order valence-corrected chi connectivity index (χ1v) is 28.2. The minimum atomic E-state index is -1.89. The highest BCUT2D eigenvalue weighted by atomic mass is 31.2. The fourth-order valence-corrected chi connectivity index (χ4v) is 9.45. The molecule has 0 heterocycles. The van der Waals surface area contributed by atoms with Crippen molar-refractivity contribution in [2.45, 2.75) is 169 Å². The Kier molecular flexibility index (Phi) is 20.5. The number of hydrogen-bond acceptors (Lipinski definition) is 7. The summed E-state index contributed by atoms with van der Waals surface area (Å²) in [5.74, 6) is 1.83. The lowest BCUT2D eigenvalue weighted by Gasteiger charge is -2.31. The molecule has 7 nitrogen and oxygen atoms in total. The SMILES string of the molecule is CC(C)(C)c1ccc(OP(Oc2ccc(C(C)(C)C)cc2C(C)(C)C)Oc2ccc(C(C)(C)C)cc2C(C)(C)C)c(C(C)(C)C)c1.O=C(c1ccccc1)C(O)c1ccccc1.O=C(c1ccccc1)C(O)c1ccccc1. The Morgan fingerprint density at radius 2 is 0.564 bits per heavy atom. The van der Waals surface area contributed by atoms with E-state index < -0.39 is 20.8 Å². The summed E-state index contributed by atoms with van der Waals surface area (Å²) in [6.45, 7) is 40.3. The lowest BCUT2D eigenvalue weighted by atomic mass is 9.80. The van der Waals surface area contributed by atoms with Gasteiger partial charge >= 0.3 is 8.60 Å². The van der Waals surface area contributed by atoms with Crippen LogP contribution >= 0.6 is 8.60 Å². The van der Waals surface area contributed by atoms with Gasteiger partial charge < -0.3 is 23.8 Å². The molecule has 0 bridgehead atoms. The predicted molar refractivity (Wildman–Crippen MR) is 325 cm³/mol. The molecule has 0 radical (unpaired) electrons. The van der Waals surface area contributed by atoms with Crippen LogP contribution in [0, 0.1) is 0 Å². The van der Waals surface area contributed by atoms with Crippen molar-refractivity contribution in [3.63, 3.8) is 0 Å². The molecule has 0 spiro atoms. The molecule has 0 aliphatic rings. The van der Waals surface area contributed by atoms with E-state index in [1.807, 2.05) is 24.3 Å². The maximum absolute atomic E-state index is 11.9. The second-order valence-corrected chi connectivity index (χ2v) is 27.2. The molecule has 78 heavy (non-hydrogen) atoms. The number of carbonyl (C=O) groups excluding carboxylic acids is 2. The molecular weight excluding hydrogens is 984 g/mol. The van der Waals surface area contributed by atoms with Gasteiger partial charge in [0.1, 0.15) is 29.5 Å². The fourth-order valence-electron chi connectivity index (χ4n) is 8.38. The molecule has 0 amide bonds. The van der Waals surface area contributed by atoms with Crippen LogP contribution in [0.2, 0.25) is 0 Å². The van der Waals surface area contributed by atoms with E-state index in [1.165, 1.54) is 16.7 Å². The third-order valence-corrected chi connectivity index (χ3v) is 14.4. The molecule has 0 fully saturated rings. The number of aliphatic hydroxyl groups is 2. The van der Waals surface area contributed by atoms with Gasteiger partial charge in [0.25, 0.3) is 0 Å². The van der Waals surface area contributed by atoms with Crippen LogP contribution in [0.1, 0.15) is 202 Å². The Morgan fingerprint density at radius 1 is 0.333 bits per heavy atom. The second kappa shape index (κ2) is 25.6. The number of Topliss-reactive ketones (excluding diaryl/α,β-unsaturated/α-hetero) is 2. The van der Waals surface area contributed by atoms with Crippen LogP contribution in [0.15, 0.2) is 176 Å². The van der Waals surface area contributed by atoms with E-state index in [1.54, 1.807) is 97.1 Å². The monoisotopic (exact) mass is 1070 g/mol.